The molecule has 0 aliphatic heterocycles. The van der Waals surface area contributed by atoms with Crippen LogP contribution >= 0.6 is 0 Å². The van der Waals surface area contributed by atoms with Gasteiger partial charge >= 0.3 is 12.1 Å². The Labute approximate surface area is 161 Å². The lowest BCUT2D eigenvalue weighted by molar-refractivity contribution is -0.139. The molecule has 8 heteroatoms. The Bertz CT molecular complexity index is 878. The molecule has 28 heavy (non-hydrogen) atoms. The van der Waals surface area contributed by atoms with Crippen molar-refractivity contribution in [1.82, 2.24) is 5.32 Å². The predicted octanol–water partition coefficient (Wildman–Crippen LogP) is 2.04. The maximum absolute atomic E-state index is 12.4. The van der Waals surface area contributed by atoms with Crippen molar-refractivity contribution in [3.8, 4) is 5.75 Å². The van der Waals surface area contributed by atoms with Crippen LogP contribution in [0.25, 0.3) is 10.8 Å². The second-order valence-electron chi connectivity index (χ2n) is 5.90. The van der Waals surface area contributed by atoms with E-state index in [1.807, 2.05) is 24.3 Å². The van der Waals surface area contributed by atoms with Crippen LogP contribution in [0.3, 0.4) is 0 Å². The van der Waals surface area contributed by atoms with Crippen molar-refractivity contribution >= 4 is 28.6 Å². The van der Waals surface area contributed by atoms with Gasteiger partial charge in [-0.3, -0.25) is 9.59 Å². The van der Waals surface area contributed by atoms with Gasteiger partial charge in [-0.05, 0) is 22.9 Å². The van der Waals surface area contributed by atoms with Crippen molar-refractivity contribution in [1.29, 1.82) is 0 Å². The number of carboxylic acids is 1. The number of aliphatic hydroxyl groups is 1. The Morgan fingerprint density at radius 3 is 2.46 bits per heavy atom. The molecular weight excluding hydrogens is 366 g/mol. The van der Waals surface area contributed by atoms with E-state index in [2.05, 4.69) is 11.9 Å². The van der Waals surface area contributed by atoms with Gasteiger partial charge in [-0.15, -0.1) is 0 Å². The van der Waals surface area contributed by atoms with Gasteiger partial charge in [-0.1, -0.05) is 36.9 Å². The lowest BCUT2D eigenvalue weighted by atomic mass is 10.1. The first kappa shape index (κ1) is 20.9. The van der Waals surface area contributed by atoms with Crippen molar-refractivity contribution in [3.05, 3.63) is 54.6 Å². The molecule has 0 heterocycles. The molecule has 1 amide bonds. The zero-order valence-electron chi connectivity index (χ0n) is 15.1. The summed E-state index contributed by atoms with van der Waals surface area (Å²) >= 11 is 0. The van der Waals surface area contributed by atoms with Crippen molar-refractivity contribution in [2.45, 2.75) is 19.1 Å². The third-order valence-corrected chi connectivity index (χ3v) is 3.86. The van der Waals surface area contributed by atoms with Crippen LogP contribution in [0.5, 0.6) is 5.75 Å². The third kappa shape index (κ3) is 5.82. The highest BCUT2D eigenvalue weighted by Crippen LogP contribution is 2.26. The van der Waals surface area contributed by atoms with Gasteiger partial charge in [0.05, 0.1) is 13.0 Å². The first-order chi connectivity index (χ1) is 13.4. The Kier molecular flexibility index (Phi) is 7.53. The number of aliphatic hydroxyl groups excluding tert-OH is 1. The highest BCUT2D eigenvalue weighted by molar-refractivity contribution is 5.92. The lowest BCUT2D eigenvalue weighted by Crippen LogP contribution is -2.44. The molecule has 3 N–H and O–H groups in total. The van der Waals surface area contributed by atoms with Crippen LogP contribution in [0, 0.1) is 0 Å². The fourth-order valence-corrected chi connectivity index (χ4v) is 2.51. The standard InChI is InChI=1S/C20H21NO7/c1-2-7-27-20(26)21-16(10-19(24)25)17(23)12-28-18-9-14-6-4-3-5-13(14)8-15(18)11-22/h2-6,8-9,16,22H,1,7,10-12H2,(H,21,26)(H,24,25). The van der Waals surface area contributed by atoms with E-state index in [-0.39, 0.29) is 13.2 Å². The van der Waals surface area contributed by atoms with Gasteiger partial charge in [0.1, 0.15) is 25.0 Å². The number of amides is 1. The lowest BCUT2D eigenvalue weighted by Gasteiger charge is -2.17. The highest BCUT2D eigenvalue weighted by atomic mass is 16.5. The normalized spacial score (nSPS) is 11.5. The molecule has 0 saturated heterocycles. The van der Waals surface area contributed by atoms with Crippen LogP contribution in [0.1, 0.15) is 12.0 Å². The van der Waals surface area contributed by atoms with Crippen LogP contribution in [0.4, 0.5) is 4.79 Å². The van der Waals surface area contributed by atoms with Crippen molar-refractivity contribution in [2.24, 2.45) is 0 Å². The predicted molar refractivity (Wildman–Crippen MR) is 101 cm³/mol. The summed E-state index contributed by atoms with van der Waals surface area (Å²) in [7, 11) is 0. The molecule has 0 aliphatic carbocycles. The van der Waals surface area contributed by atoms with Gasteiger partial charge in [0.2, 0.25) is 0 Å². The maximum Gasteiger partial charge on any atom is 0.408 e. The zero-order valence-corrected chi connectivity index (χ0v) is 15.1. The Balaban J connectivity index is 2.10. The quantitative estimate of drug-likeness (QED) is 0.533. The fourth-order valence-electron chi connectivity index (χ4n) is 2.51. The number of carbonyl (C=O) groups excluding carboxylic acids is 2. The molecule has 1 unspecified atom stereocenters. The van der Waals surface area contributed by atoms with E-state index in [4.69, 9.17) is 14.6 Å². The summed E-state index contributed by atoms with van der Waals surface area (Å²) in [6.45, 7) is 2.54. The van der Waals surface area contributed by atoms with Gasteiger partial charge in [-0.25, -0.2) is 4.79 Å². The molecule has 0 saturated carbocycles. The van der Waals surface area contributed by atoms with Crippen LogP contribution < -0.4 is 10.1 Å². The second kappa shape index (κ2) is 10.1. The van der Waals surface area contributed by atoms with E-state index >= 15 is 0 Å². The number of hydrogen-bond donors (Lipinski definition) is 3. The van der Waals surface area contributed by atoms with Crippen molar-refractivity contribution < 1.29 is 34.1 Å². The number of carboxylic acid groups (broad SMARTS) is 1. The van der Waals surface area contributed by atoms with E-state index in [0.717, 1.165) is 10.8 Å². The topological polar surface area (TPSA) is 122 Å². The summed E-state index contributed by atoms with van der Waals surface area (Å²) in [5.41, 5.74) is 0.486. The van der Waals surface area contributed by atoms with Gasteiger partial charge in [0, 0.05) is 5.56 Å². The minimum atomic E-state index is -1.31. The van der Waals surface area contributed by atoms with Gasteiger partial charge < -0.3 is 25.0 Å². The minimum absolute atomic E-state index is 0.0761. The SMILES string of the molecule is C=CCOC(=O)NC(CC(=O)O)C(=O)COc1cc2ccccc2cc1CO. The molecule has 2 aromatic carbocycles. The van der Waals surface area contributed by atoms with Crippen LogP contribution in [-0.4, -0.2) is 47.3 Å². The second-order valence-corrected chi connectivity index (χ2v) is 5.90. The largest absolute Gasteiger partial charge is 0.485 e. The smallest absolute Gasteiger partial charge is 0.408 e. The number of carbonyl (C=O) groups is 3. The highest BCUT2D eigenvalue weighted by Gasteiger charge is 2.25. The Hall–Kier alpha value is -3.39. The fraction of sp³-hybridized carbons (Fsp3) is 0.250. The maximum atomic E-state index is 12.4. The molecule has 0 aromatic heterocycles. The molecule has 8 nitrogen and oxygen atoms in total. The van der Waals surface area contributed by atoms with E-state index in [0.29, 0.717) is 11.3 Å². The van der Waals surface area contributed by atoms with Gasteiger partial charge in [0.15, 0.2) is 5.78 Å². The number of ether oxygens (including phenoxy) is 2. The molecular formula is C20H21NO7. The average molecular weight is 387 g/mol. The number of alkyl carbamates (subject to hydrolysis) is 1. The van der Waals surface area contributed by atoms with E-state index in [9.17, 15) is 19.5 Å². The number of hydrogen-bond acceptors (Lipinski definition) is 6. The zero-order chi connectivity index (χ0) is 20.5. The number of rotatable bonds is 10. The number of benzene rings is 2. The molecule has 0 spiro atoms. The molecule has 1 atom stereocenters. The average Bonchev–Trinajstić information content (AvgIpc) is 2.68. The molecule has 148 valence electrons. The summed E-state index contributed by atoms with van der Waals surface area (Å²) in [4.78, 5) is 35.0. The van der Waals surface area contributed by atoms with Gasteiger partial charge in [0.25, 0.3) is 0 Å². The summed E-state index contributed by atoms with van der Waals surface area (Å²) in [6, 6.07) is 9.56. The summed E-state index contributed by atoms with van der Waals surface area (Å²) in [5, 5.41) is 22.5. The minimum Gasteiger partial charge on any atom is -0.485 e. The molecule has 2 rings (SSSR count). The van der Waals surface area contributed by atoms with E-state index in [1.54, 1.807) is 12.1 Å². The molecule has 0 fully saturated rings. The first-order valence-corrected chi connectivity index (χ1v) is 8.48. The number of fused-ring (bicyclic) bond motifs is 1. The Morgan fingerprint density at radius 1 is 1.18 bits per heavy atom. The number of nitrogens with one attached hydrogen (secondary N) is 1. The van der Waals surface area contributed by atoms with Crippen molar-refractivity contribution in [3.63, 3.8) is 0 Å². The molecule has 2 aromatic rings. The molecule has 0 bridgehead atoms. The number of ketones is 1. The summed E-state index contributed by atoms with van der Waals surface area (Å²) in [5.74, 6) is -1.60. The number of Topliss-reactive ketones (excluding diaryl/α,β-unsaturated/α-hetero) is 1. The first-order valence-electron chi connectivity index (χ1n) is 8.48. The Morgan fingerprint density at radius 2 is 1.86 bits per heavy atom. The van der Waals surface area contributed by atoms with Crippen LogP contribution in [0.15, 0.2) is 49.1 Å². The van der Waals surface area contributed by atoms with E-state index < -0.39 is 36.9 Å². The van der Waals surface area contributed by atoms with E-state index in [1.165, 1.54) is 6.08 Å². The van der Waals surface area contributed by atoms with Crippen LogP contribution in [-0.2, 0) is 20.9 Å². The van der Waals surface area contributed by atoms with Gasteiger partial charge in [-0.2, -0.15) is 0 Å². The molecule has 0 aliphatic rings. The van der Waals surface area contributed by atoms with Crippen molar-refractivity contribution in [2.75, 3.05) is 13.2 Å². The molecule has 0 radical (unpaired) electrons. The third-order valence-electron chi connectivity index (χ3n) is 3.86. The number of aliphatic carboxylic acids is 1. The summed E-state index contributed by atoms with van der Waals surface area (Å²) in [6.07, 6.45) is -0.204. The monoisotopic (exact) mass is 387 g/mol. The summed E-state index contributed by atoms with van der Waals surface area (Å²) < 4.78 is 10.2. The van der Waals surface area contributed by atoms with Crippen LogP contribution in [0.2, 0.25) is 0 Å².